The minimum Gasteiger partial charge on any atom is -0.431 e. The van der Waals surface area contributed by atoms with Crippen molar-refractivity contribution in [1.29, 1.82) is 0 Å². The molecule has 102 valence electrons. The quantitative estimate of drug-likeness (QED) is 0.864. The number of pyridine rings is 1. The van der Waals surface area contributed by atoms with Crippen LogP contribution in [0.5, 0.6) is 0 Å². The molecule has 0 bridgehead atoms. The first-order valence-corrected chi connectivity index (χ1v) is 7.14. The molecule has 0 saturated heterocycles. The van der Waals surface area contributed by atoms with Crippen LogP contribution in [0, 0.1) is 6.92 Å². The second-order valence-corrected chi connectivity index (χ2v) is 5.49. The summed E-state index contributed by atoms with van der Waals surface area (Å²) in [7, 11) is -3.73. The third kappa shape index (κ3) is 3.22. The van der Waals surface area contributed by atoms with E-state index in [0.717, 1.165) is 0 Å². The van der Waals surface area contributed by atoms with Crippen LogP contribution in [0.2, 0.25) is 0 Å². The lowest BCUT2D eigenvalue weighted by atomic mass is 10.4. The molecule has 2 aromatic heterocycles. The summed E-state index contributed by atoms with van der Waals surface area (Å²) in [6.07, 6.45) is 2.64. The van der Waals surface area contributed by atoms with Crippen LogP contribution in [-0.2, 0) is 10.0 Å². The molecule has 2 rings (SSSR count). The minimum absolute atomic E-state index is 0.0463. The maximum atomic E-state index is 12.0. The summed E-state index contributed by atoms with van der Waals surface area (Å²) in [4.78, 5) is 7.93. The topological polar surface area (TPSA) is 97.1 Å². The Bertz CT molecular complexity index is 649. The van der Waals surface area contributed by atoms with E-state index in [1.807, 2.05) is 6.92 Å². The van der Waals surface area contributed by atoms with Crippen molar-refractivity contribution in [2.24, 2.45) is 0 Å². The van der Waals surface area contributed by atoms with E-state index >= 15 is 0 Å². The Hall–Kier alpha value is -2.09. The summed E-state index contributed by atoms with van der Waals surface area (Å²) >= 11 is 0. The molecule has 0 aliphatic rings. The largest absolute Gasteiger partial charge is 0.431 e. The number of rotatable bonds is 5. The minimum atomic E-state index is -3.73. The molecular formula is C11H14N4O3S. The van der Waals surface area contributed by atoms with Crippen LogP contribution < -0.4 is 10.0 Å². The first-order valence-electron chi connectivity index (χ1n) is 5.66. The Kier molecular flexibility index (Phi) is 3.70. The molecule has 2 N–H and O–H groups in total. The lowest BCUT2D eigenvalue weighted by Gasteiger charge is -2.05. The van der Waals surface area contributed by atoms with Gasteiger partial charge in [0.05, 0.1) is 5.69 Å². The molecule has 19 heavy (non-hydrogen) atoms. The highest BCUT2D eigenvalue weighted by Gasteiger charge is 2.17. The van der Waals surface area contributed by atoms with E-state index in [1.54, 1.807) is 13.0 Å². The van der Waals surface area contributed by atoms with E-state index in [-0.39, 0.29) is 10.9 Å². The van der Waals surface area contributed by atoms with Crippen molar-refractivity contribution in [2.45, 2.75) is 18.7 Å². The molecule has 0 aromatic carbocycles. The van der Waals surface area contributed by atoms with Crippen molar-refractivity contribution in [3.8, 4) is 0 Å². The van der Waals surface area contributed by atoms with Crippen LogP contribution in [-0.4, -0.2) is 24.9 Å². The van der Waals surface area contributed by atoms with Gasteiger partial charge in [-0.25, -0.2) is 18.1 Å². The van der Waals surface area contributed by atoms with E-state index < -0.39 is 10.0 Å². The second kappa shape index (κ2) is 5.27. The van der Waals surface area contributed by atoms with E-state index in [4.69, 9.17) is 4.42 Å². The van der Waals surface area contributed by atoms with Gasteiger partial charge in [0.1, 0.15) is 17.0 Å². The van der Waals surface area contributed by atoms with Gasteiger partial charge < -0.3 is 9.73 Å². The Balaban J connectivity index is 2.19. The third-order valence-electron chi connectivity index (χ3n) is 2.25. The van der Waals surface area contributed by atoms with Crippen LogP contribution in [0.3, 0.4) is 0 Å². The molecule has 7 nitrogen and oxygen atoms in total. The van der Waals surface area contributed by atoms with Crippen LogP contribution in [0.4, 0.5) is 11.8 Å². The first-order chi connectivity index (χ1) is 9.01. The molecule has 0 atom stereocenters. The highest BCUT2D eigenvalue weighted by molar-refractivity contribution is 7.92. The molecule has 0 saturated carbocycles. The third-order valence-corrected chi connectivity index (χ3v) is 3.55. The van der Waals surface area contributed by atoms with Crippen LogP contribution in [0.25, 0.3) is 0 Å². The van der Waals surface area contributed by atoms with Crippen molar-refractivity contribution in [1.82, 2.24) is 9.97 Å². The fourth-order valence-corrected chi connectivity index (χ4v) is 2.28. The first kappa shape index (κ1) is 13.3. The maximum Gasteiger partial charge on any atom is 0.309 e. The van der Waals surface area contributed by atoms with Gasteiger partial charge in [-0.05, 0) is 26.0 Å². The van der Waals surface area contributed by atoms with Crippen LogP contribution in [0.15, 0.2) is 33.9 Å². The van der Waals surface area contributed by atoms with Crippen molar-refractivity contribution in [2.75, 3.05) is 16.6 Å². The molecule has 0 unspecified atom stereocenters. The number of oxazole rings is 1. The van der Waals surface area contributed by atoms with E-state index in [0.29, 0.717) is 18.1 Å². The average molecular weight is 282 g/mol. The number of hydrogen-bond acceptors (Lipinski definition) is 6. The predicted molar refractivity (Wildman–Crippen MR) is 70.4 cm³/mol. The van der Waals surface area contributed by atoms with Crippen molar-refractivity contribution in [3.63, 3.8) is 0 Å². The molecule has 0 radical (unpaired) electrons. The van der Waals surface area contributed by atoms with Gasteiger partial charge >= 0.3 is 6.01 Å². The van der Waals surface area contributed by atoms with Gasteiger partial charge in [0.25, 0.3) is 10.0 Å². The lowest BCUT2D eigenvalue weighted by molar-refractivity contribution is 0.569. The van der Waals surface area contributed by atoms with E-state index in [1.165, 1.54) is 18.5 Å². The number of aromatic nitrogens is 2. The molecule has 2 aromatic rings. The Morgan fingerprint density at radius 3 is 2.68 bits per heavy atom. The number of nitrogens with one attached hydrogen (secondary N) is 2. The molecule has 0 aliphatic heterocycles. The average Bonchev–Trinajstić information content (AvgIpc) is 2.75. The number of aryl methyl sites for hydroxylation is 1. The lowest BCUT2D eigenvalue weighted by Crippen LogP contribution is -2.13. The summed E-state index contributed by atoms with van der Waals surface area (Å²) < 4.78 is 31.2. The van der Waals surface area contributed by atoms with Gasteiger partial charge in [-0.2, -0.15) is 4.98 Å². The monoisotopic (exact) mass is 282 g/mol. The molecule has 0 fully saturated rings. The molecule has 0 amide bonds. The Labute approximate surface area is 111 Å². The number of sulfonamides is 1. The molecule has 0 spiro atoms. The summed E-state index contributed by atoms with van der Waals surface area (Å²) in [6, 6.07) is 3.00. The fraction of sp³-hybridized carbons (Fsp3) is 0.273. The summed E-state index contributed by atoms with van der Waals surface area (Å²) in [5.41, 5.74) is 0.596. The van der Waals surface area contributed by atoms with Crippen molar-refractivity contribution < 1.29 is 12.8 Å². The maximum absolute atomic E-state index is 12.0. The number of hydrogen-bond donors (Lipinski definition) is 2. The second-order valence-electron chi connectivity index (χ2n) is 3.81. The molecule has 0 aliphatic carbocycles. The van der Waals surface area contributed by atoms with E-state index in [2.05, 4.69) is 20.0 Å². The van der Waals surface area contributed by atoms with Crippen LogP contribution >= 0.6 is 0 Å². The molecule has 8 heteroatoms. The van der Waals surface area contributed by atoms with Gasteiger partial charge in [0, 0.05) is 12.7 Å². The highest BCUT2D eigenvalue weighted by Crippen LogP contribution is 2.15. The Morgan fingerprint density at radius 1 is 1.37 bits per heavy atom. The van der Waals surface area contributed by atoms with Gasteiger partial charge in [-0.3, -0.25) is 0 Å². The molecule has 2 heterocycles. The van der Waals surface area contributed by atoms with E-state index in [9.17, 15) is 8.42 Å². The van der Waals surface area contributed by atoms with Gasteiger partial charge in [-0.15, -0.1) is 0 Å². The SMILES string of the molecule is CCNc1ccc(S(=O)(=O)Nc2nc(C)co2)cn1. The standard InChI is InChI=1S/C11H14N4O3S/c1-3-12-10-5-4-9(6-13-10)19(16,17)15-11-14-8(2)7-18-11/h4-7H,3H2,1-2H3,(H,12,13)(H,14,15). The van der Waals surface area contributed by atoms with Crippen LogP contribution in [0.1, 0.15) is 12.6 Å². The molecular weight excluding hydrogens is 268 g/mol. The predicted octanol–water partition coefficient (Wildman–Crippen LogP) is 1.61. The zero-order valence-corrected chi connectivity index (χ0v) is 11.4. The van der Waals surface area contributed by atoms with Gasteiger partial charge in [0.15, 0.2) is 0 Å². The zero-order valence-electron chi connectivity index (χ0n) is 10.5. The summed E-state index contributed by atoms with van der Waals surface area (Å²) in [5.74, 6) is 0.619. The highest BCUT2D eigenvalue weighted by atomic mass is 32.2. The zero-order chi connectivity index (χ0) is 13.9. The normalized spacial score (nSPS) is 11.3. The fourth-order valence-electron chi connectivity index (χ4n) is 1.40. The number of nitrogens with zero attached hydrogens (tertiary/aromatic N) is 2. The smallest absolute Gasteiger partial charge is 0.309 e. The van der Waals surface area contributed by atoms with Crippen molar-refractivity contribution >= 4 is 21.9 Å². The summed E-state index contributed by atoms with van der Waals surface area (Å²) in [6.45, 7) is 4.35. The Morgan fingerprint density at radius 2 is 2.16 bits per heavy atom. The number of anilines is 2. The van der Waals surface area contributed by atoms with Gasteiger partial charge in [-0.1, -0.05) is 0 Å². The summed E-state index contributed by atoms with van der Waals surface area (Å²) in [5, 5.41) is 2.98. The van der Waals surface area contributed by atoms with Crippen molar-refractivity contribution in [3.05, 3.63) is 30.3 Å². The van der Waals surface area contributed by atoms with Gasteiger partial charge in [0.2, 0.25) is 0 Å².